The fourth-order valence-corrected chi connectivity index (χ4v) is 3.87. The Hall–Kier alpha value is -0.870. The van der Waals surface area contributed by atoms with Gasteiger partial charge in [0.15, 0.2) is 0 Å². The van der Waals surface area contributed by atoms with Gasteiger partial charge < -0.3 is 4.90 Å². The molecule has 1 saturated heterocycles. The van der Waals surface area contributed by atoms with Gasteiger partial charge in [-0.05, 0) is 31.2 Å². The highest BCUT2D eigenvalue weighted by atomic mass is 32.2. The van der Waals surface area contributed by atoms with Crippen molar-refractivity contribution in [1.82, 2.24) is 4.90 Å². The van der Waals surface area contributed by atoms with E-state index < -0.39 is 0 Å². The maximum Gasteiger partial charge on any atom is 0.232 e. The topological polar surface area (TPSA) is 69.1 Å². The van der Waals surface area contributed by atoms with Crippen LogP contribution >= 0.6 is 11.8 Å². The molecule has 1 aliphatic heterocycles. The number of rotatable bonds is 4. The molecule has 0 N–H and O–H groups in total. The molecule has 1 saturated carbocycles. The maximum atomic E-state index is 12.0. The summed E-state index contributed by atoms with van der Waals surface area (Å²) in [7, 11) is 0. The number of carbonyl (C=O) groups is 1. The smallest absolute Gasteiger partial charge is 0.232 e. The molecule has 2 rings (SSSR count). The predicted molar refractivity (Wildman–Crippen MR) is 73.5 cm³/mol. The molecule has 1 amide bonds. The number of amides is 1. The Balaban J connectivity index is 1.68. The second kappa shape index (κ2) is 6.90. The number of piperidine rings is 1. The van der Waals surface area contributed by atoms with Crippen molar-refractivity contribution >= 4 is 17.7 Å². The molecule has 0 atom stereocenters. The van der Waals surface area contributed by atoms with Crippen LogP contribution in [0.25, 0.3) is 10.4 Å². The average Bonchev–Trinajstić information content (AvgIpc) is 2.90. The van der Waals surface area contributed by atoms with Crippen LogP contribution in [0.3, 0.4) is 0 Å². The summed E-state index contributed by atoms with van der Waals surface area (Å²) in [6, 6.07) is 0.0848. The average molecular weight is 268 g/mol. The second-order valence-corrected chi connectivity index (χ2v) is 6.32. The Labute approximate surface area is 112 Å². The first-order valence-corrected chi connectivity index (χ1v) is 7.78. The van der Waals surface area contributed by atoms with E-state index in [1.54, 1.807) is 0 Å². The van der Waals surface area contributed by atoms with E-state index >= 15 is 0 Å². The Bertz CT molecular complexity index is 329. The molecule has 5 nitrogen and oxygen atoms in total. The molecule has 2 fully saturated rings. The molecule has 0 radical (unpaired) electrons. The Kier molecular flexibility index (Phi) is 5.20. The highest BCUT2D eigenvalue weighted by Gasteiger charge is 2.23. The minimum absolute atomic E-state index is 0.0848. The summed E-state index contributed by atoms with van der Waals surface area (Å²) in [5.74, 6) is 0.878. The number of hydrogen-bond donors (Lipinski definition) is 0. The molecule has 0 unspecified atom stereocenters. The van der Waals surface area contributed by atoms with Crippen molar-refractivity contribution in [2.24, 2.45) is 5.11 Å². The van der Waals surface area contributed by atoms with Gasteiger partial charge in [0.05, 0.1) is 5.75 Å². The summed E-state index contributed by atoms with van der Waals surface area (Å²) in [4.78, 5) is 16.8. The van der Waals surface area contributed by atoms with Crippen LogP contribution in [0, 0.1) is 0 Å². The number of thioether (sulfide) groups is 1. The lowest BCUT2D eigenvalue weighted by Gasteiger charge is -2.30. The van der Waals surface area contributed by atoms with Crippen molar-refractivity contribution in [1.29, 1.82) is 0 Å². The van der Waals surface area contributed by atoms with E-state index in [9.17, 15) is 4.79 Å². The number of azide groups is 1. The van der Waals surface area contributed by atoms with Gasteiger partial charge in [-0.2, -0.15) is 0 Å². The van der Waals surface area contributed by atoms with Crippen molar-refractivity contribution in [3.63, 3.8) is 0 Å². The van der Waals surface area contributed by atoms with Crippen LogP contribution in [0.1, 0.15) is 38.5 Å². The zero-order valence-corrected chi connectivity index (χ0v) is 11.4. The van der Waals surface area contributed by atoms with Crippen LogP contribution in [0.5, 0.6) is 0 Å². The standard InChI is InChI=1S/C12H20N4OS/c13-15-14-10-5-7-16(8-6-10)12(17)9-18-11-3-1-2-4-11/h10-11H,1-9H2. The molecule has 0 aromatic carbocycles. The minimum Gasteiger partial charge on any atom is -0.342 e. The largest absolute Gasteiger partial charge is 0.342 e. The van der Waals surface area contributed by atoms with E-state index in [1.807, 2.05) is 16.7 Å². The van der Waals surface area contributed by atoms with Crippen molar-refractivity contribution < 1.29 is 4.79 Å². The van der Waals surface area contributed by atoms with E-state index in [0.29, 0.717) is 11.0 Å². The summed E-state index contributed by atoms with van der Waals surface area (Å²) in [6.45, 7) is 1.49. The van der Waals surface area contributed by atoms with Gasteiger partial charge in [0.1, 0.15) is 0 Å². The molecule has 6 heteroatoms. The van der Waals surface area contributed by atoms with E-state index in [0.717, 1.165) is 25.9 Å². The van der Waals surface area contributed by atoms with Gasteiger partial charge in [0, 0.05) is 29.3 Å². The summed E-state index contributed by atoms with van der Waals surface area (Å²) in [5, 5.41) is 4.43. The quantitative estimate of drug-likeness (QED) is 0.447. The third-order valence-corrected chi connectivity index (χ3v) is 5.13. The highest BCUT2D eigenvalue weighted by molar-refractivity contribution is 8.00. The van der Waals surface area contributed by atoms with E-state index in [4.69, 9.17) is 5.53 Å². The van der Waals surface area contributed by atoms with Crippen LogP contribution in [0.15, 0.2) is 5.11 Å². The Morgan fingerprint density at radius 2 is 1.94 bits per heavy atom. The van der Waals surface area contributed by atoms with Crippen LogP contribution in [0.2, 0.25) is 0 Å². The first kappa shape index (κ1) is 13.6. The van der Waals surface area contributed by atoms with Gasteiger partial charge in [0.25, 0.3) is 0 Å². The van der Waals surface area contributed by atoms with Crippen LogP contribution in [-0.4, -0.2) is 40.9 Å². The summed E-state index contributed by atoms with van der Waals surface area (Å²) >= 11 is 1.82. The lowest BCUT2D eigenvalue weighted by atomic mass is 10.1. The summed E-state index contributed by atoms with van der Waals surface area (Å²) in [5.41, 5.74) is 8.37. The Morgan fingerprint density at radius 3 is 2.56 bits per heavy atom. The van der Waals surface area contributed by atoms with Crippen LogP contribution in [0.4, 0.5) is 0 Å². The van der Waals surface area contributed by atoms with Crippen LogP contribution in [-0.2, 0) is 4.79 Å². The molecule has 0 aromatic heterocycles. The summed E-state index contributed by atoms with van der Waals surface area (Å²) < 4.78 is 0. The first-order chi connectivity index (χ1) is 8.79. The monoisotopic (exact) mass is 268 g/mol. The SMILES string of the molecule is [N-]=[N+]=NC1CCN(C(=O)CSC2CCCC2)CC1. The van der Waals surface area contributed by atoms with Gasteiger partial charge >= 0.3 is 0 Å². The molecule has 100 valence electrons. The molecular weight excluding hydrogens is 248 g/mol. The van der Waals surface area contributed by atoms with Crippen molar-refractivity contribution in [3.05, 3.63) is 10.4 Å². The zero-order valence-electron chi connectivity index (χ0n) is 10.6. The molecule has 2 aliphatic rings. The van der Waals surface area contributed by atoms with Gasteiger partial charge in [-0.25, -0.2) is 0 Å². The second-order valence-electron chi connectivity index (χ2n) is 5.03. The number of likely N-dealkylation sites (tertiary alicyclic amines) is 1. The lowest BCUT2D eigenvalue weighted by Crippen LogP contribution is -2.40. The van der Waals surface area contributed by atoms with Crippen molar-refractivity contribution in [2.75, 3.05) is 18.8 Å². The number of nitrogens with zero attached hydrogens (tertiary/aromatic N) is 4. The molecule has 1 aliphatic carbocycles. The molecule has 18 heavy (non-hydrogen) atoms. The van der Waals surface area contributed by atoms with Gasteiger partial charge in [-0.15, -0.1) is 11.8 Å². The number of hydrogen-bond acceptors (Lipinski definition) is 3. The number of carbonyl (C=O) groups excluding carboxylic acids is 1. The van der Waals surface area contributed by atoms with E-state index in [1.165, 1.54) is 25.7 Å². The molecule has 0 aromatic rings. The summed E-state index contributed by atoms with van der Waals surface area (Å²) in [6.07, 6.45) is 6.81. The lowest BCUT2D eigenvalue weighted by molar-refractivity contribution is -0.129. The van der Waals surface area contributed by atoms with E-state index in [2.05, 4.69) is 10.0 Å². The molecule has 1 heterocycles. The third-order valence-electron chi connectivity index (χ3n) is 3.78. The molecule has 0 spiro atoms. The predicted octanol–water partition coefficient (Wildman–Crippen LogP) is 2.96. The highest BCUT2D eigenvalue weighted by Crippen LogP contribution is 2.29. The van der Waals surface area contributed by atoms with Gasteiger partial charge in [-0.3, -0.25) is 4.79 Å². The van der Waals surface area contributed by atoms with Crippen LogP contribution < -0.4 is 0 Å². The van der Waals surface area contributed by atoms with Gasteiger partial charge in [0.2, 0.25) is 5.91 Å². The zero-order chi connectivity index (χ0) is 12.8. The molecule has 0 bridgehead atoms. The maximum absolute atomic E-state index is 12.0. The minimum atomic E-state index is 0.0848. The fourth-order valence-electron chi connectivity index (χ4n) is 2.64. The molecular formula is C12H20N4OS. The van der Waals surface area contributed by atoms with Gasteiger partial charge in [-0.1, -0.05) is 18.0 Å². The third kappa shape index (κ3) is 3.82. The van der Waals surface area contributed by atoms with E-state index in [-0.39, 0.29) is 11.9 Å². The normalized spacial score (nSPS) is 21.9. The Morgan fingerprint density at radius 1 is 1.28 bits per heavy atom. The van der Waals surface area contributed by atoms with Crippen molar-refractivity contribution in [3.8, 4) is 0 Å². The first-order valence-electron chi connectivity index (χ1n) is 6.73. The fraction of sp³-hybridized carbons (Fsp3) is 0.917. The van der Waals surface area contributed by atoms with Crippen molar-refractivity contribution in [2.45, 2.75) is 49.8 Å².